The highest BCUT2D eigenvalue weighted by atomic mass is 16.1. The van der Waals surface area contributed by atoms with Gasteiger partial charge in [-0.25, -0.2) is 9.97 Å². The number of hydrogen-bond acceptors (Lipinski definition) is 5. The molecule has 0 bridgehead atoms. The van der Waals surface area contributed by atoms with Gasteiger partial charge in [0.2, 0.25) is 0 Å². The van der Waals surface area contributed by atoms with E-state index in [1.54, 1.807) is 19.3 Å². The Kier molecular flexibility index (Phi) is 4.20. The fraction of sp³-hybridized carbons (Fsp3) is 0.200. The van der Waals surface area contributed by atoms with E-state index in [1.165, 1.54) is 0 Å². The first-order chi connectivity index (χ1) is 9.61. The van der Waals surface area contributed by atoms with Crippen molar-refractivity contribution in [3.8, 4) is 11.1 Å². The van der Waals surface area contributed by atoms with Gasteiger partial charge in [-0.2, -0.15) is 0 Å². The molecule has 0 atom stereocenters. The highest BCUT2D eigenvalue weighted by Crippen LogP contribution is 2.24. The van der Waals surface area contributed by atoms with E-state index in [4.69, 9.17) is 5.41 Å². The number of nitrogens with one attached hydrogen (secondary N) is 2. The van der Waals surface area contributed by atoms with E-state index >= 15 is 0 Å². The van der Waals surface area contributed by atoms with E-state index in [-0.39, 0.29) is 6.54 Å². The van der Waals surface area contributed by atoms with Crippen molar-refractivity contribution in [3.05, 3.63) is 42.0 Å². The molecule has 2 N–H and O–H groups in total. The Hall–Kier alpha value is -2.56. The minimum absolute atomic E-state index is 0.229. The van der Waals surface area contributed by atoms with Crippen molar-refractivity contribution in [1.29, 1.82) is 5.41 Å². The normalized spacial score (nSPS) is 10.1. The number of anilines is 1. The Morgan fingerprint density at radius 2 is 2.00 bits per heavy atom. The smallest absolute Gasteiger partial charge is 0.139 e. The van der Waals surface area contributed by atoms with Crippen LogP contribution in [0.2, 0.25) is 0 Å². The number of carbonyl (C=O) groups is 1. The van der Waals surface area contributed by atoms with Crippen molar-refractivity contribution < 1.29 is 4.79 Å². The van der Waals surface area contributed by atoms with Crippen molar-refractivity contribution in [2.45, 2.75) is 13.8 Å². The van der Waals surface area contributed by atoms with Gasteiger partial charge in [-0.1, -0.05) is 6.07 Å². The summed E-state index contributed by atoms with van der Waals surface area (Å²) in [7, 11) is 0. The summed E-state index contributed by atoms with van der Waals surface area (Å²) < 4.78 is 0. The number of aryl methyl sites for hydroxylation is 1. The summed E-state index contributed by atoms with van der Waals surface area (Å²) in [6, 6.07) is 5.70. The van der Waals surface area contributed by atoms with Crippen molar-refractivity contribution in [2.75, 3.05) is 11.9 Å². The number of aromatic nitrogens is 2. The zero-order valence-corrected chi connectivity index (χ0v) is 11.5. The molecule has 20 heavy (non-hydrogen) atoms. The molecule has 2 aromatic rings. The summed E-state index contributed by atoms with van der Waals surface area (Å²) in [5.41, 5.74) is 3.84. The summed E-state index contributed by atoms with van der Waals surface area (Å²) >= 11 is 0. The molecule has 0 fully saturated rings. The van der Waals surface area contributed by atoms with Gasteiger partial charge in [0.1, 0.15) is 12.1 Å². The fourth-order valence-corrected chi connectivity index (χ4v) is 1.88. The van der Waals surface area contributed by atoms with Gasteiger partial charge < -0.3 is 15.5 Å². The van der Waals surface area contributed by atoms with Gasteiger partial charge in [-0.05, 0) is 31.5 Å². The average Bonchev–Trinajstić information content (AvgIpc) is 2.45. The van der Waals surface area contributed by atoms with Crippen LogP contribution in [0, 0.1) is 12.3 Å². The van der Waals surface area contributed by atoms with E-state index in [0.717, 1.165) is 34.5 Å². The molecule has 0 saturated carbocycles. The van der Waals surface area contributed by atoms with Crippen molar-refractivity contribution in [3.63, 3.8) is 0 Å². The predicted octanol–water partition coefficient (Wildman–Crippen LogP) is 2.45. The Bertz CT molecular complexity index is 635. The van der Waals surface area contributed by atoms with Crippen LogP contribution in [0.15, 0.2) is 30.6 Å². The van der Waals surface area contributed by atoms with Gasteiger partial charge in [0.25, 0.3) is 0 Å². The number of hydrogen-bond donors (Lipinski definition) is 2. The number of rotatable bonds is 5. The molecule has 0 unspecified atom stereocenters. The molecule has 0 aliphatic rings. The zero-order chi connectivity index (χ0) is 14.5. The van der Waals surface area contributed by atoms with Crippen molar-refractivity contribution in [1.82, 2.24) is 9.97 Å². The molecule has 102 valence electrons. The maximum absolute atomic E-state index is 10.4. The molecule has 0 spiro atoms. The van der Waals surface area contributed by atoms with E-state index in [1.807, 2.05) is 25.1 Å². The number of aldehydes is 1. The van der Waals surface area contributed by atoms with Gasteiger partial charge in [-0.3, -0.25) is 0 Å². The predicted molar refractivity (Wildman–Crippen MR) is 79.3 cm³/mol. The van der Waals surface area contributed by atoms with Gasteiger partial charge in [0, 0.05) is 34.9 Å². The van der Waals surface area contributed by atoms with Crippen LogP contribution in [0.25, 0.3) is 11.1 Å². The molecule has 2 rings (SSSR count). The van der Waals surface area contributed by atoms with Crippen LogP contribution in [0.5, 0.6) is 0 Å². The lowest BCUT2D eigenvalue weighted by molar-refractivity contribution is -0.106. The summed E-state index contributed by atoms with van der Waals surface area (Å²) in [6.07, 6.45) is 4.32. The third-order valence-electron chi connectivity index (χ3n) is 2.91. The number of carbonyl (C=O) groups excluding carboxylic acids is 1. The van der Waals surface area contributed by atoms with Gasteiger partial charge in [0.15, 0.2) is 0 Å². The molecule has 0 saturated heterocycles. The van der Waals surface area contributed by atoms with Crippen LogP contribution in [-0.4, -0.2) is 28.5 Å². The molecule has 1 aromatic heterocycles. The Morgan fingerprint density at radius 1 is 1.30 bits per heavy atom. The third-order valence-corrected chi connectivity index (χ3v) is 2.91. The molecule has 0 amide bonds. The van der Waals surface area contributed by atoms with Crippen LogP contribution in [0.1, 0.15) is 18.3 Å². The topological polar surface area (TPSA) is 78.7 Å². The molecule has 0 radical (unpaired) electrons. The lowest BCUT2D eigenvalue weighted by Gasteiger charge is -2.11. The largest absolute Gasteiger partial charge is 0.378 e. The quantitative estimate of drug-likeness (QED) is 0.645. The molecule has 5 nitrogen and oxygen atoms in total. The Labute approximate surface area is 117 Å². The molecule has 0 aliphatic heterocycles. The molecular formula is C15H16N4O. The lowest BCUT2D eigenvalue weighted by Crippen LogP contribution is -2.07. The second kappa shape index (κ2) is 6.06. The van der Waals surface area contributed by atoms with Crippen LogP contribution < -0.4 is 5.32 Å². The lowest BCUT2D eigenvalue weighted by atomic mass is 10.0. The van der Waals surface area contributed by atoms with Gasteiger partial charge in [-0.15, -0.1) is 0 Å². The van der Waals surface area contributed by atoms with Gasteiger partial charge >= 0.3 is 0 Å². The second-order valence-electron chi connectivity index (χ2n) is 4.45. The fourth-order valence-electron chi connectivity index (χ4n) is 1.88. The van der Waals surface area contributed by atoms with Crippen molar-refractivity contribution in [2.24, 2.45) is 0 Å². The summed E-state index contributed by atoms with van der Waals surface area (Å²) in [5, 5.41) is 10.8. The molecule has 1 aromatic carbocycles. The minimum atomic E-state index is 0.229. The van der Waals surface area contributed by atoms with E-state index in [0.29, 0.717) is 5.71 Å². The van der Waals surface area contributed by atoms with E-state index < -0.39 is 0 Å². The first-order valence-corrected chi connectivity index (χ1v) is 6.28. The molecule has 1 heterocycles. The Morgan fingerprint density at radius 3 is 2.60 bits per heavy atom. The molecular weight excluding hydrogens is 252 g/mol. The van der Waals surface area contributed by atoms with Crippen molar-refractivity contribution >= 4 is 17.7 Å². The van der Waals surface area contributed by atoms with E-state index in [9.17, 15) is 4.79 Å². The van der Waals surface area contributed by atoms with Crippen LogP contribution >= 0.6 is 0 Å². The van der Waals surface area contributed by atoms with Crippen LogP contribution in [0.4, 0.5) is 5.69 Å². The second-order valence-corrected chi connectivity index (χ2v) is 4.45. The Balaban J connectivity index is 2.41. The standard InChI is InChI=1S/C15H16N4O/c1-10(16)14-7-12(3-4-15(14)17-5-6-20)13-8-18-11(2)19-9-13/h3-4,6-9,16-17H,5H2,1-2H3. The molecule has 0 aliphatic carbocycles. The van der Waals surface area contributed by atoms with Crippen LogP contribution in [0.3, 0.4) is 0 Å². The summed E-state index contributed by atoms with van der Waals surface area (Å²) in [5.74, 6) is 0.724. The maximum atomic E-state index is 10.4. The monoisotopic (exact) mass is 268 g/mol. The minimum Gasteiger partial charge on any atom is -0.378 e. The first kappa shape index (κ1) is 13.9. The van der Waals surface area contributed by atoms with Crippen LogP contribution in [-0.2, 0) is 4.79 Å². The SMILES string of the molecule is CC(=N)c1cc(-c2cnc(C)nc2)ccc1NCC=O. The first-order valence-electron chi connectivity index (χ1n) is 6.28. The maximum Gasteiger partial charge on any atom is 0.139 e. The molecule has 5 heteroatoms. The zero-order valence-electron chi connectivity index (χ0n) is 11.5. The highest BCUT2D eigenvalue weighted by Gasteiger charge is 2.07. The average molecular weight is 268 g/mol. The van der Waals surface area contributed by atoms with Gasteiger partial charge in [0.05, 0.1) is 6.54 Å². The number of benzene rings is 1. The summed E-state index contributed by atoms with van der Waals surface area (Å²) in [4.78, 5) is 18.8. The highest BCUT2D eigenvalue weighted by molar-refractivity contribution is 6.02. The third kappa shape index (κ3) is 3.06. The summed E-state index contributed by atoms with van der Waals surface area (Å²) in [6.45, 7) is 3.79. The number of nitrogens with zero attached hydrogens (tertiary/aromatic N) is 2. The van der Waals surface area contributed by atoms with E-state index in [2.05, 4.69) is 15.3 Å².